The Balaban J connectivity index is 1.57. The van der Waals surface area contributed by atoms with Gasteiger partial charge in [0.05, 0.1) is 13.7 Å². The summed E-state index contributed by atoms with van der Waals surface area (Å²) < 4.78 is 16.3. The van der Waals surface area contributed by atoms with Gasteiger partial charge in [0.25, 0.3) is 5.91 Å². The summed E-state index contributed by atoms with van der Waals surface area (Å²) in [7, 11) is 1.57. The number of nitrogens with one attached hydrogen (secondary N) is 1. The molecule has 3 aromatic carbocycles. The van der Waals surface area contributed by atoms with Gasteiger partial charge in [-0.3, -0.25) is 4.79 Å². The molecule has 0 aliphatic rings. The second-order valence-electron chi connectivity index (χ2n) is 7.36. The lowest BCUT2D eigenvalue weighted by Gasteiger charge is -2.10. The van der Waals surface area contributed by atoms with Gasteiger partial charge in [0.1, 0.15) is 5.75 Å². The van der Waals surface area contributed by atoms with Crippen LogP contribution in [0.25, 0.3) is 6.08 Å². The first-order valence-electron chi connectivity index (χ1n) is 10.7. The summed E-state index contributed by atoms with van der Waals surface area (Å²) in [4.78, 5) is 24.6. The molecule has 0 heterocycles. The molecule has 170 valence electrons. The van der Waals surface area contributed by atoms with Crippen LogP contribution in [0.1, 0.15) is 34.8 Å². The summed E-state index contributed by atoms with van der Waals surface area (Å²) in [5, 5.41) is 2.83. The van der Waals surface area contributed by atoms with E-state index in [1.807, 2.05) is 44.2 Å². The van der Waals surface area contributed by atoms with E-state index in [-0.39, 0.29) is 5.91 Å². The molecular formula is C27H27NO5. The van der Waals surface area contributed by atoms with Gasteiger partial charge in [0, 0.05) is 17.3 Å². The summed E-state index contributed by atoms with van der Waals surface area (Å²) in [5.41, 5.74) is 3.07. The molecule has 3 aromatic rings. The normalized spacial score (nSPS) is 10.6. The highest BCUT2D eigenvalue weighted by molar-refractivity contribution is 6.04. The molecule has 1 amide bonds. The summed E-state index contributed by atoms with van der Waals surface area (Å²) >= 11 is 0. The van der Waals surface area contributed by atoms with Gasteiger partial charge < -0.3 is 19.5 Å². The monoisotopic (exact) mass is 445 g/mol. The zero-order valence-corrected chi connectivity index (χ0v) is 19.0. The first kappa shape index (κ1) is 23.6. The molecule has 0 radical (unpaired) electrons. The lowest BCUT2D eigenvalue weighted by molar-refractivity contribution is -0.128. The van der Waals surface area contributed by atoms with Crippen molar-refractivity contribution < 1.29 is 23.8 Å². The van der Waals surface area contributed by atoms with Crippen LogP contribution < -0.4 is 19.5 Å². The van der Waals surface area contributed by atoms with E-state index < -0.39 is 5.97 Å². The van der Waals surface area contributed by atoms with Crippen LogP contribution in [-0.2, 0) is 4.79 Å². The number of carbonyl (C=O) groups is 2. The van der Waals surface area contributed by atoms with Crippen molar-refractivity contribution >= 4 is 23.6 Å². The molecule has 0 spiro atoms. The number of hydrogen-bond acceptors (Lipinski definition) is 5. The lowest BCUT2D eigenvalue weighted by atomic mass is 10.2. The van der Waals surface area contributed by atoms with Crippen molar-refractivity contribution in [1.29, 1.82) is 0 Å². The average molecular weight is 446 g/mol. The number of ether oxygens (including phenoxy) is 3. The largest absolute Gasteiger partial charge is 0.493 e. The van der Waals surface area contributed by atoms with Crippen molar-refractivity contribution in [3.05, 3.63) is 89.5 Å². The number of benzene rings is 3. The van der Waals surface area contributed by atoms with Crippen LogP contribution in [0.15, 0.2) is 72.8 Å². The van der Waals surface area contributed by atoms with Crippen LogP contribution in [-0.4, -0.2) is 25.6 Å². The lowest BCUT2D eigenvalue weighted by Crippen LogP contribution is -2.12. The van der Waals surface area contributed by atoms with Crippen LogP contribution in [0.4, 0.5) is 5.69 Å². The maximum Gasteiger partial charge on any atom is 0.336 e. The minimum absolute atomic E-state index is 0.239. The van der Waals surface area contributed by atoms with Crippen molar-refractivity contribution in [1.82, 2.24) is 0 Å². The molecule has 33 heavy (non-hydrogen) atoms. The Morgan fingerprint density at radius 3 is 2.33 bits per heavy atom. The van der Waals surface area contributed by atoms with E-state index in [9.17, 15) is 9.59 Å². The van der Waals surface area contributed by atoms with Crippen LogP contribution in [0.2, 0.25) is 0 Å². The highest BCUT2D eigenvalue weighted by atomic mass is 16.5. The SMILES string of the molecule is CCCOc1ccc(/C=C/C(=O)Oc2ccc(C(=O)Nc3ccc(C)cc3)cc2)cc1OC. The summed E-state index contributed by atoms with van der Waals surface area (Å²) in [6.45, 7) is 4.62. The topological polar surface area (TPSA) is 73.9 Å². The molecule has 3 rings (SSSR count). The van der Waals surface area contributed by atoms with Crippen molar-refractivity contribution in [2.75, 3.05) is 19.0 Å². The number of carbonyl (C=O) groups excluding carboxylic acids is 2. The fraction of sp³-hybridized carbons (Fsp3) is 0.185. The number of methoxy groups -OCH3 is 1. The molecule has 0 aliphatic heterocycles. The average Bonchev–Trinajstić information content (AvgIpc) is 2.83. The van der Waals surface area contributed by atoms with Crippen LogP contribution >= 0.6 is 0 Å². The van der Waals surface area contributed by atoms with E-state index >= 15 is 0 Å². The number of aryl methyl sites for hydroxylation is 1. The first-order valence-corrected chi connectivity index (χ1v) is 10.7. The molecule has 0 atom stereocenters. The van der Waals surface area contributed by atoms with E-state index in [1.165, 1.54) is 6.08 Å². The van der Waals surface area contributed by atoms with E-state index in [0.717, 1.165) is 17.5 Å². The van der Waals surface area contributed by atoms with Crippen LogP contribution in [0.3, 0.4) is 0 Å². The molecule has 0 unspecified atom stereocenters. The first-order chi connectivity index (χ1) is 16.0. The maximum absolute atomic E-state index is 12.4. The molecule has 0 saturated carbocycles. The van der Waals surface area contributed by atoms with E-state index in [4.69, 9.17) is 14.2 Å². The van der Waals surface area contributed by atoms with Gasteiger partial charge in [-0.15, -0.1) is 0 Å². The Morgan fingerprint density at radius 2 is 1.67 bits per heavy atom. The summed E-state index contributed by atoms with van der Waals surface area (Å²) in [6.07, 6.45) is 3.87. The third-order valence-corrected chi connectivity index (χ3v) is 4.71. The Bertz CT molecular complexity index is 1120. The van der Waals surface area contributed by atoms with Crippen LogP contribution in [0.5, 0.6) is 17.2 Å². The highest BCUT2D eigenvalue weighted by Crippen LogP contribution is 2.28. The van der Waals surface area contributed by atoms with Gasteiger partial charge in [-0.05, 0) is 73.5 Å². The molecule has 6 heteroatoms. The van der Waals surface area contributed by atoms with Gasteiger partial charge in [0.15, 0.2) is 11.5 Å². The third-order valence-electron chi connectivity index (χ3n) is 4.71. The third kappa shape index (κ3) is 6.97. The predicted octanol–water partition coefficient (Wildman–Crippen LogP) is 5.66. The maximum atomic E-state index is 12.4. The van der Waals surface area contributed by atoms with Gasteiger partial charge in [0.2, 0.25) is 0 Å². The predicted molar refractivity (Wildman–Crippen MR) is 129 cm³/mol. The van der Waals surface area contributed by atoms with E-state index in [1.54, 1.807) is 49.6 Å². The van der Waals surface area contributed by atoms with Gasteiger partial charge in [-0.1, -0.05) is 30.7 Å². The second-order valence-corrected chi connectivity index (χ2v) is 7.36. The fourth-order valence-electron chi connectivity index (χ4n) is 2.95. The van der Waals surface area contributed by atoms with Gasteiger partial charge in [-0.2, -0.15) is 0 Å². The Morgan fingerprint density at radius 1 is 0.939 bits per heavy atom. The van der Waals surface area contributed by atoms with E-state index in [2.05, 4.69) is 5.32 Å². The Labute approximate surface area is 193 Å². The van der Waals surface area contributed by atoms with Crippen LogP contribution in [0, 0.1) is 6.92 Å². The molecular weight excluding hydrogens is 418 g/mol. The zero-order valence-electron chi connectivity index (χ0n) is 19.0. The number of hydrogen-bond donors (Lipinski definition) is 1. The van der Waals surface area contributed by atoms with Crippen molar-refractivity contribution in [2.24, 2.45) is 0 Å². The second kappa shape index (κ2) is 11.5. The van der Waals surface area contributed by atoms with Gasteiger partial charge >= 0.3 is 5.97 Å². The van der Waals surface area contributed by atoms with E-state index in [0.29, 0.717) is 35.1 Å². The molecule has 0 fully saturated rings. The summed E-state index contributed by atoms with van der Waals surface area (Å²) in [5.74, 6) is 0.829. The zero-order chi connectivity index (χ0) is 23.6. The van der Waals surface area contributed by atoms with Crippen molar-refractivity contribution in [3.63, 3.8) is 0 Å². The molecule has 0 aliphatic carbocycles. The number of esters is 1. The molecule has 0 bridgehead atoms. The number of amides is 1. The summed E-state index contributed by atoms with van der Waals surface area (Å²) in [6, 6.07) is 19.3. The smallest absolute Gasteiger partial charge is 0.336 e. The van der Waals surface area contributed by atoms with Crippen molar-refractivity contribution in [2.45, 2.75) is 20.3 Å². The molecule has 0 saturated heterocycles. The standard InChI is InChI=1S/C27H27NO5/c1-4-17-32-24-15-7-20(18-25(24)31-3)8-16-26(29)33-23-13-9-21(10-14-23)27(30)28-22-11-5-19(2)6-12-22/h5-16,18H,4,17H2,1-3H3,(H,28,30)/b16-8+. The number of rotatable bonds is 9. The number of anilines is 1. The highest BCUT2D eigenvalue weighted by Gasteiger charge is 2.08. The Kier molecular flexibility index (Phi) is 8.24. The fourth-order valence-corrected chi connectivity index (χ4v) is 2.95. The molecule has 0 aromatic heterocycles. The van der Waals surface area contributed by atoms with Crippen molar-refractivity contribution in [3.8, 4) is 17.2 Å². The minimum atomic E-state index is -0.530. The molecule has 1 N–H and O–H groups in total. The minimum Gasteiger partial charge on any atom is -0.493 e. The van der Waals surface area contributed by atoms with Gasteiger partial charge in [-0.25, -0.2) is 4.79 Å². The Hall–Kier alpha value is -4.06. The molecule has 6 nitrogen and oxygen atoms in total. The quantitative estimate of drug-likeness (QED) is 0.261.